The average molecular weight is 305 g/mol. The lowest BCUT2D eigenvalue weighted by molar-refractivity contribution is -0.307. The van der Waals surface area contributed by atoms with E-state index in [0.717, 1.165) is 5.57 Å². The van der Waals surface area contributed by atoms with Crippen LogP contribution in [0.3, 0.4) is 0 Å². The average Bonchev–Trinajstić information content (AvgIpc) is 2.91. The summed E-state index contributed by atoms with van der Waals surface area (Å²) in [5, 5.41) is 22.7. The van der Waals surface area contributed by atoms with Crippen LogP contribution in [0.25, 0.3) is 11.2 Å². The van der Waals surface area contributed by atoms with E-state index in [-0.39, 0.29) is 13.2 Å². The molecule has 0 fully saturated rings. The molecule has 0 saturated heterocycles. The molecule has 2 rings (SSSR count). The second-order valence-electron chi connectivity index (χ2n) is 4.81. The first-order valence-electron chi connectivity index (χ1n) is 6.65. The third kappa shape index (κ3) is 3.57. The van der Waals surface area contributed by atoms with Gasteiger partial charge in [0.2, 0.25) is 0 Å². The van der Waals surface area contributed by atoms with Crippen molar-refractivity contribution in [3.05, 3.63) is 24.3 Å². The second kappa shape index (κ2) is 6.96. The Labute approximate surface area is 126 Å². The van der Waals surface area contributed by atoms with Crippen LogP contribution in [-0.4, -0.2) is 49.8 Å². The molecule has 1 atom stereocenters. The van der Waals surface area contributed by atoms with Crippen LogP contribution in [0.1, 0.15) is 6.92 Å². The number of aliphatic hydroxyl groups excluding tert-OH is 1. The van der Waals surface area contributed by atoms with Crippen LogP contribution >= 0.6 is 0 Å². The summed E-state index contributed by atoms with van der Waals surface area (Å²) in [6.07, 6.45) is 4.65. The van der Waals surface area contributed by atoms with Crippen molar-refractivity contribution in [2.45, 2.75) is 19.5 Å². The van der Waals surface area contributed by atoms with Gasteiger partial charge in [-0.05, 0) is 6.92 Å². The van der Waals surface area contributed by atoms with Crippen molar-refractivity contribution in [2.75, 3.05) is 18.5 Å². The molecule has 22 heavy (non-hydrogen) atoms. The third-order valence-corrected chi connectivity index (χ3v) is 3.07. The predicted molar refractivity (Wildman–Crippen MR) is 77.6 cm³/mol. The molecular formula is C13H17N6O3-. The first-order chi connectivity index (χ1) is 10.5. The van der Waals surface area contributed by atoms with E-state index in [2.05, 4.69) is 20.3 Å². The number of carbonyl (C=O) groups excluding carboxylic acids is 1. The molecule has 9 heteroatoms. The summed E-state index contributed by atoms with van der Waals surface area (Å²) in [5.41, 5.74) is 7.30. The number of nitrogens with one attached hydrogen (secondary N) is 1. The van der Waals surface area contributed by atoms with E-state index in [4.69, 9.17) is 10.8 Å². The molecule has 0 aromatic carbocycles. The van der Waals surface area contributed by atoms with Gasteiger partial charge in [0, 0.05) is 13.1 Å². The lowest BCUT2D eigenvalue weighted by Crippen LogP contribution is -2.44. The fourth-order valence-electron chi connectivity index (χ4n) is 1.82. The maximum atomic E-state index is 10.7. The number of hydrogen-bond donors (Lipinski definition) is 3. The van der Waals surface area contributed by atoms with Crippen LogP contribution in [-0.2, 0) is 11.3 Å². The van der Waals surface area contributed by atoms with Gasteiger partial charge in [-0.2, -0.15) is 0 Å². The number of anilines is 1. The maximum Gasteiger partial charge on any atom is 0.165 e. The second-order valence-corrected chi connectivity index (χ2v) is 4.81. The summed E-state index contributed by atoms with van der Waals surface area (Å²) < 4.78 is 1.54. The predicted octanol–water partition coefficient (Wildman–Crippen LogP) is -1.75. The summed E-state index contributed by atoms with van der Waals surface area (Å²) in [7, 11) is 0. The molecule has 0 amide bonds. The number of carboxylic acids is 1. The molecule has 4 N–H and O–H groups in total. The van der Waals surface area contributed by atoms with Crippen LogP contribution < -0.4 is 16.2 Å². The Hall–Kier alpha value is -2.52. The molecule has 0 unspecified atom stereocenters. The molecule has 0 spiro atoms. The van der Waals surface area contributed by atoms with Crippen molar-refractivity contribution < 1.29 is 15.0 Å². The van der Waals surface area contributed by atoms with Crippen LogP contribution in [0.15, 0.2) is 24.3 Å². The van der Waals surface area contributed by atoms with Gasteiger partial charge in [-0.25, -0.2) is 15.0 Å². The highest BCUT2D eigenvalue weighted by Gasteiger charge is 2.12. The van der Waals surface area contributed by atoms with Crippen molar-refractivity contribution in [2.24, 2.45) is 5.73 Å². The van der Waals surface area contributed by atoms with E-state index in [1.807, 2.05) is 13.0 Å². The Bertz CT molecular complexity index is 696. The van der Waals surface area contributed by atoms with E-state index in [1.165, 1.54) is 17.2 Å². The summed E-state index contributed by atoms with van der Waals surface area (Å²) in [4.78, 5) is 23.1. The topological polar surface area (TPSA) is 142 Å². The molecule has 0 aliphatic carbocycles. The van der Waals surface area contributed by atoms with Gasteiger partial charge in [-0.1, -0.05) is 11.6 Å². The first kappa shape index (κ1) is 15.9. The number of carbonyl (C=O) groups is 1. The smallest absolute Gasteiger partial charge is 0.165 e. The molecule has 0 bridgehead atoms. The Morgan fingerprint density at radius 3 is 3.00 bits per heavy atom. The van der Waals surface area contributed by atoms with Gasteiger partial charge >= 0.3 is 0 Å². The third-order valence-electron chi connectivity index (χ3n) is 3.07. The molecule has 0 radical (unpaired) electrons. The molecule has 0 saturated carbocycles. The van der Waals surface area contributed by atoms with E-state index < -0.39 is 12.0 Å². The molecule has 2 aromatic heterocycles. The first-order valence-corrected chi connectivity index (χ1v) is 6.65. The lowest BCUT2D eigenvalue weighted by Gasteiger charge is -2.13. The number of hydrogen-bond acceptors (Lipinski definition) is 8. The van der Waals surface area contributed by atoms with E-state index in [0.29, 0.717) is 23.5 Å². The van der Waals surface area contributed by atoms with E-state index >= 15 is 0 Å². The zero-order chi connectivity index (χ0) is 16.1. The molecular weight excluding hydrogens is 288 g/mol. The number of fused-ring (bicyclic) bond motifs is 1. The summed E-state index contributed by atoms with van der Waals surface area (Å²) in [6, 6.07) is -1.14. The largest absolute Gasteiger partial charge is 0.548 e. The van der Waals surface area contributed by atoms with Crippen molar-refractivity contribution in [3.63, 3.8) is 0 Å². The van der Waals surface area contributed by atoms with Crippen molar-refractivity contribution in [1.82, 2.24) is 19.5 Å². The number of aliphatic carboxylic acids is 1. The standard InChI is InChI=1S/C13H18N6O3/c1-8(5-20)2-3-15-11-10-12(17-6-16-11)19(7-18-10)4-9(14)13(21)22/h2,6-7,9,20H,3-5,14H2,1H3,(H,21,22)(H,15,16,17)/p-1/b8-2+/t9-/m0/s1. The molecule has 0 aliphatic rings. The molecule has 118 valence electrons. The summed E-state index contributed by atoms with van der Waals surface area (Å²) in [6.45, 7) is 2.30. The Morgan fingerprint density at radius 2 is 2.32 bits per heavy atom. The van der Waals surface area contributed by atoms with Gasteiger partial charge in [-0.15, -0.1) is 0 Å². The van der Waals surface area contributed by atoms with Gasteiger partial charge in [0.1, 0.15) is 11.8 Å². The van der Waals surface area contributed by atoms with Crippen molar-refractivity contribution in [3.8, 4) is 0 Å². The number of nitrogens with two attached hydrogens (primary N) is 1. The fourth-order valence-corrected chi connectivity index (χ4v) is 1.82. The summed E-state index contributed by atoms with van der Waals surface area (Å²) in [5.74, 6) is -0.813. The lowest BCUT2D eigenvalue weighted by atomic mass is 10.3. The van der Waals surface area contributed by atoms with Gasteiger partial charge in [0.25, 0.3) is 0 Å². The van der Waals surface area contributed by atoms with Gasteiger partial charge in [-0.3, -0.25) is 0 Å². The molecule has 2 heterocycles. The summed E-state index contributed by atoms with van der Waals surface area (Å²) >= 11 is 0. The number of carboxylic acid groups (broad SMARTS) is 1. The van der Waals surface area contributed by atoms with Gasteiger partial charge in [0.05, 0.1) is 24.9 Å². The minimum absolute atomic E-state index is 0.00337. The number of rotatable bonds is 7. The number of aromatic nitrogens is 4. The SMILES string of the molecule is C/C(=C\CNc1ncnc2c1ncn2C[C@H](N)C(=O)[O-])CO. The minimum atomic E-state index is -1.33. The quantitative estimate of drug-likeness (QED) is 0.511. The maximum absolute atomic E-state index is 10.7. The van der Waals surface area contributed by atoms with Crippen LogP contribution in [0.5, 0.6) is 0 Å². The number of aliphatic hydroxyl groups is 1. The Morgan fingerprint density at radius 1 is 1.55 bits per heavy atom. The number of nitrogens with zero attached hydrogens (tertiary/aromatic N) is 4. The minimum Gasteiger partial charge on any atom is -0.548 e. The molecule has 2 aromatic rings. The van der Waals surface area contributed by atoms with E-state index in [9.17, 15) is 9.90 Å². The Kier molecular flexibility index (Phi) is 5.02. The number of imidazole rings is 1. The Balaban J connectivity index is 2.20. The monoisotopic (exact) mass is 305 g/mol. The molecule has 9 nitrogen and oxygen atoms in total. The normalized spacial score (nSPS) is 13.3. The van der Waals surface area contributed by atoms with Crippen LogP contribution in [0.2, 0.25) is 0 Å². The van der Waals surface area contributed by atoms with Gasteiger partial charge < -0.3 is 30.6 Å². The molecule has 0 aliphatic heterocycles. The van der Waals surface area contributed by atoms with Crippen LogP contribution in [0.4, 0.5) is 5.82 Å². The highest BCUT2D eigenvalue weighted by atomic mass is 16.4. The van der Waals surface area contributed by atoms with Crippen LogP contribution in [0, 0.1) is 0 Å². The van der Waals surface area contributed by atoms with Crippen molar-refractivity contribution in [1.29, 1.82) is 0 Å². The highest BCUT2D eigenvalue weighted by Crippen LogP contribution is 2.17. The van der Waals surface area contributed by atoms with E-state index in [1.54, 1.807) is 0 Å². The fraction of sp³-hybridized carbons (Fsp3) is 0.385. The van der Waals surface area contributed by atoms with Gasteiger partial charge in [0.15, 0.2) is 11.5 Å². The zero-order valence-corrected chi connectivity index (χ0v) is 12.1. The van der Waals surface area contributed by atoms with Crippen molar-refractivity contribution >= 4 is 23.0 Å². The zero-order valence-electron chi connectivity index (χ0n) is 12.1. The highest BCUT2D eigenvalue weighted by molar-refractivity contribution is 5.82.